The minimum Gasteiger partial charge on any atom is -0.508 e. The van der Waals surface area contributed by atoms with Gasteiger partial charge in [-0.15, -0.1) is 0 Å². The molecule has 0 radical (unpaired) electrons. The second kappa shape index (κ2) is 4.86. The molecular formula is C12H13NO4. The van der Waals surface area contributed by atoms with Crippen LogP contribution in [-0.2, 0) is 9.53 Å². The molecule has 0 aromatic heterocycles. The van der Waals surface area contributed by atoms with Crippen LogP contribution in [0.2, 0.25) is 0 Å². The SMILES string of the molecule is O=C(O)CCC1=NCC(c2ccc(O)cc2)O1. The Morgan fingerprint density at radius 1 is 1.41 bits per heavy atom. The zero-order chi connectivity index (χ0) is 12.3. The van der Waals surface area contributed by atoms with E-state index in [0.29, 0.717) is 18.9 Å². The molecule has 5 nitrogen and oxygen atoms in total. The molecule has 17 heavy (non-hydrogen) atoms. The fraction of sp³-hybridized carbons (Fsp3) is 0.333. The van der Waals surface area contributed by atoms with Crippen LogP contribution in [0.1, 0.15) is 24.5 Å². The first-order chi connectivity index (χ1) is 8.15. The van der Waals surface area contributed by atoms with Gasteiger partial charge < -0.3 is 14.9 Å². The maximum absolute atomic E-state index is 10.4. The Morgan fingerprint density at radius 3 is 2.76 bits per heavy atom. The first kappa shape index (κ1) is 11.4. The normalized spacial score (nSPS) is 18.6. The summed E-state index contributed by atoms with van der Waals surface area (Å²) in [6.45, 7) is 0.500. The smallest absolute Gasteiger partial charge is 0.303 e. The van der Waals surface area contributed by atoms with Crippen LogP contribution < -0.4 is 0 Å². The number of carboxylic acids is 1. The van der Waals surface area contributed by atoms with Gasteiger partial charge in [0.25, 0.3) is 0 Å². The van der Waals surface area contributed by atoms with Gasteiger partial charge in [0.1, 0.15) is 11.9 Å². The molecule has 0 amide bonds. The van der Waals surface area contributed by atoms with Crippen LogP contribution >= 0.6 is 0 Å². The van der Waals surface area contributed by atoms with Crippen LogP contribution in [-0.4, -0.2) is 28.6 Å². The predicted octanol–water partition coefficient (Wildman–Crippen LogP) is 1.73. The Bertz CT molecular complexity index is 438. The molecular weight excluding hydrogens is 222 g/mol. The number of aliphatic imine (C=N–C) groups is 1. The van der Waals surface area contributed by atoms with Gasteiger partial charge in [-0.3, -0.25) is 9.79 Å². The highest BCUT2D eigenvalue weighted by Crippen LogP contribution is 2.25. The van der Waals surface area contributed by atoms with Crippen molar-refractivity contribution in [2.45, 2.75) is 18.9 Å². The molecule has 1 heterocycles. The van der Waals surface area contributed by atoms with E-state index in [0.717, 1.165) is 5.56 Å². The molecule has 2 N–H and O–H groups in total. The minimum absolute atomic E-state index is 0.0289. The number of rotatable bonds is 4. The Balaban J connectivity index is 1.91. The van der Waals surface area contributed by atoms with E-state index in [2.05, 4.69) is 4.99 Å². The van der Waals surface area contributed by atoms with Gasteiger partial charge >= 0.3 is 5.97 Å². The standard InChI is InChI=1S/C12H13NO4/c14-9-3-1-8(2-4-9)10-7-13-11(17-10)5-6-12(15)16/h1-4,10,14H,5-7H2,(H,15,16). The highest BCUT2D eigenvalue weighted by atomic mass is 16.5. The molecule has 0 spiro atoms. The molecule has 5 heteroatoms. The van der Waals surface area contributed by atoms with Crippen LogP contribution in [0.25, 0.3) is 0 Å². The van der Waals surface area contributed by atoms with Crippen molar-refractivity contribution < 1.29 is 19.7 Å². The molecule has 90 valence electrons. The maximum atomic E-state index is 10.4. The van der Waals surface area contributed by atoms with Crippen molar-refractivity contribution in [2.75, 3.05) is 6.54 Å². The van der Waals surface area contributed by atoms with Crippen LogP contribution in [0.3, 0.4) is 0 Å². The highest BCUT2D eigenvalue weighted by molar-refractivity contribution is 5.81. The summed E-state index contributed by atoms with van der Waals surface area (Å²) in [5, 5.41) is 17.7. The van der Waals surface area contributed by atoms with Crippen molar-refractivity contribution in [3.63, 3.8) is 0 Å². The Hall–Kier alpha value is -2.04. The number of carbonyl (C=O) groups is 1. The lowest BCUT2D eigenvalue weighted by Crippen LogP contribution is -2.07. The van der Waals surface area contributed by atoms with Crippen LogP contribution in [0.4, 0.5) is 0 Å². The molecule has 1 aliphatic rings. The molecule has 0 bridgehead atoms. The number of phenolic OH excluding ortho intramolecular Hbond substituents is 1. The third kappa shape index (κ3) is 2.96. The summed E-state index contributed by atoms with van der Waals surface area (Å²) in [7, 11) is 0. The van der Waals surface area contributed by atoms with Crippen molar-refractivity contribution in [3.05, 3.63) is 29.8 Å². The number of aliphatic carboxylic acids is 1. The molecule has 0 fully saturated rings. The molecule has 1 unspecified atom stereocenters. The summed E-state index contributed by atoms with van der Waals surface area (Å²) in [5.74, 6) is -0.159. The van der Waals surface area contributed by atoms with E-state index in [9.17, 15) is 4.79 Å². The number of carboxylic acid groups (broad SMARTS) is 1. The van der Waals surface area contributed by atoms with Gasteiger partial charge in [-0.1, -0.05) is 12.1 Å². The zero-order valence-electron chi connectivity index (χ0n) is 9.17. The first-order valence-corrected chi connectivity index (χ1v) is 5.36. The number of ether oxygens (including phenoxy) is 1. The van der Waals surface area contributed by atoms with Gasteiger partial charge in [0.05, 0.1) is 13.0 Å². The van der Waals surface area contributed by atoms with Crippen molar-refractivity contribution in [3.8, 4) is 5.75 Å². The topological polar surface area (TPSA) is 79.1 Å². The van der Waals surface area contributed by atoms with E-state index in [-0.39, 0.29) is 18.3 Å². The molecule has 1 atom stereocenters. The molecule has 2 rings (SSSR count). The summed E-state index contributed by atoms with van der Waals surface area (Å²) >= 11 is 0. The second-order valence-electron chi connectivity index (χ2n) is 3.83. The average Bonchev–Trinajstić information content (AvgIpc) is 2.76. The highest BCUT2D eigenvalue weighted by Gasteiger charge is 2.21. The molecule has 0 aliphatic carbocycles. The molecule has 1 aromatic carbocycles. The number of benzene rings is 1. The maximum Gasteiger partial charge on any atom is 0.303 e. The fourth-order valence-corrected chi connectivity index (χ4v) is 1.64. The third-order valence-corrected chi connectivity index (χ3v) is 2.53. The van der Waals surface area contributed by atoms with Crippen molar-refractivity contribution in [1.29, 1.82) is 0 Å². The largest absolute Gasteiger partial charge is 0.508 e. The van der Waals surface area contributed by atoms with Gasteiger partial charge in [0.15, 0.2) is 5.90 Å². The van der Waals surface area contributed by atoms with Crippen molar-refractivity contribution in [2.24, 2.45) is 4.99 Å². The average molecular weight is 235 g/mol. The van der Waals surface area contributed by atoms with E-state index in [1.54, 1.807) is 24.3 Å². The third-order valence-electron chi connectivity index (χ3n) is 2.53. The summed E-state index contributed by atoms with van der Waals surface area (Å²) in [6, 6.07) is 6.73. The molecule has 0 saturated heterocycles. The Labute approximate surface area is 98.4 Å². The lowest BCUT2D eigenvalue weighted by atomic mass is 10.1. The van der Waals surface area contributed by atoms with Crippen LogP contribution in [0, 0.1) is 0 Å². The van der Waals surface area contributed by atoms with Gasteiger partial charge in [-0.05, 0) is 17.7 Å². The zero-order valence-corrected chi connectivity index (χ0v) is 9.17. The van der Waals surface area contributed by atoms with Gasteiger partial charge in [0.2, 0.25) is 0 Å². The number of aromatic hydroxyl groups is 1. The van der Waals surface area contributed by atoms with Crippen LogP contribution in [0.15, 0.2) is 29.3 Å². The Morgan fingerprint density at radius 2 is 2.12 bits per heavy atom. The first-order valence-electron chi connectivity index (χ1n) is 5.36. The summed E-state index contributed by atoms with van der Waals surface area (Å²) in [4.78, 5) is 14.6. The van der Waals surface area contributed by atoms with E-state index in [1.165, 1.54) is 0 Å². The van der Waals surface area contributed by atoms with E-state index in [4.69, 9.17) is 14.9 Å². The number of phenols is 1. The quantitative estimate of drug-likeness (QED) is 0.832. The number of nitrogens with zero attached hydrogens (tertiary/aromatic N) is 1. The number of hydrogen-bond acceptors (Lipinski definition) is 4. The van der Waals surface area contributed by atoms with Crippen molar-refractivity contribution >= 4 is 11.9 Å². The lowest BCUT2D eigenvalue weighted by Gasteiger charge is -2.11. The molecule has 1 aromatic rings. The van der Waals surface area contributed by atoms with Gasteiger partial charge in [-0.25, -0.2) is 0 Å². The summed E-state index contributed by atoms with van der Waals surface area (Å²) in [6.07, 6.45) is 0.185. The predicted molar refractivity (Wildman–Crippen MR) is 61.1 cm³/mol. The van der Waals surface area contributed by atoms with E-state index in [1.807, 2.05) is 0 Å². The summed E-state index contributed by atoms with van der Waals surface area (Å²) in [5.41, 5.74) is 0.928. The van der Waals surface area contributed by atoms with Gasteiger partial charge in [0, 0.05) is 6.42 Å². The molecule has 1 aliphatic heterocycles. The minimum atomic E-state index is -0.857. The molecule has 0 saturated carbocycles. The monoisotopic (exact) mass is 235 g/mol. The fourth-order valence-electron chi connectivity index (χ4n) is 1.64. The van der Waals surface area contributed by atoms with Crippen molar-refractivity contribution in [1.82, 2.24) is 0 Å². The number of hydrogen-bond donors (Lipinski definition) is 2. The van der Waals surface area contributed by atoms with Crippen LogP contribution in [0.5, 0.6) is 5.75 Å². The lowest BCUT2D eigenvalue weighted by molar-refractivity contribution is -0.136. The van der Waals surface area contributed by atoms with Gasteiger partial charge in [-0.2, -0.15) is 0 Å². The Kier molecular flexibility index (Phi) is 3.27. The van der Waals surface area contributed by atoms with E-state index >= 15 is 0 Å². The second-order valence-corrected chi connectivity index (χ2v) is 3.83. The summed E-state index contributed by atoms with van der Waals surface area (Å²) < 4.78 is 5.54. The van der Waals surface area contributed by atoms with E-state index < -0.39 is 5.97 Å².